The van der Waals surface area contributed by atoms with Gasteiger partial charge in [0.15, 0.2) is 0 Å². The van der Waals surface area contributed by atoms with Crippen molar-refractivity contribution in [1.82, 2.24) is -1.36 Å². The number of carbonyl (C=O) groups is 1. The third-order valence-electron chi connectivity index (χ3n) is 3.15. The fourth-order valence-electron chi connectivity index (χ4n) is 1.85. The Balaban J connectivity index is 2.27. The quantitative estimate of drug-likeness (QED) is 0.350. The first-order valence-electron chi connectivity index (χ1n) is 5.74. The summed E-state index contributed by atoms with van der Waals surface area (Å²) in [6, 6.07) is 7.37. The number of amides is 1. The Labute approximate surface area is 188 Å². The molecule has 8 heteroatoms. The predicted molar refractivity (Wildman–Crippen MR) is 72.9 cm³/mol. The van der Waals surface area contributed by atoms with Crippen LogP contribution in [-0.2, 0) is 4.79 Å². The van der Waals surface area contributed by atoms with Gasteiger partial charge in [0.25, 0.3) is 0 Å². The van der Waals surface area contributed by atoms with Crippen LogP contribution in [0.5, 0.6) is 0 Å². The van der Waals surface area contributed by atoms with E-state index in [0.29, 0.717) is 5.69 Å². The number of carbonyl (C=O) groups excluding carboxylic acids is 1. The normalized spacial score (nSPS) is 18.9. The van der Waals surface area contributed by atoms with Gasteiger partial charge in [0.2, 0.25) is 0 Å². The van der Waals surface area contributed by atoms with Gasteiger partial charge in [-0.25, -0.2) is 0 Å². The fraction of sp³-hybridized carbons (Fsp3) is 0.0909. The second-order valence-corrected chi connectivity index (χ2v) is 12.1. The van der Waals surface area contributed by atoms with Gasteiger partial charge >= 0.3 is 193 Å². The molecule has 90 valence electrons. The Morgan fingerprint density at radius 2 is 2.16 bits per heavy atom. The topological polar surface area (TPSA) is 76.4 Å². The summed E-state index contributed by atoms with van der Waals surface area (Å²) in [5.41, 5.74) is 0.834. The van der Waals surface area contributed by atoms with Crippen LogP contribution in [0.1, 0.15) is 0 Å². The molecular formula is C11H9BrN3O2RaRb. The zero-order valence-electron chi connectivity index (χ0n) is 10.6. The summed E-state index contributed by atoms with van der Waals surface area (Å²) >= 11 is 3.36. The standard InChI is InChI=1S/C11H8BrN3O2.Ra.Rb.H/c12-6-3-1-2-4-7(6)15-10(13)9-8(16)5-14-11(9)17;;;/h1-5H,(H3-,13,14,15,16,17);;;/q-1;;+1;. The zero-order chi connectivity index (χ0) is 14.2. The number of nitrogens with one attached hydrogen (secondary N) is 2. The van der Waals surface area contributed by atoms with Crippen LogP contribution in [0.3, 0.4) is 0 Å². The summed E-state index contributed by atoms with van der Waals surface area (Å²) in [4.78, 5) is 12.0. The van der Waals surface area contributed by atoms with Crippen molar-refractivity contribution >= 4 is 89.4 Å². The summed E-state index contributed by atoms with van der Waals surface area (Å²) in [7, 11) is 0. The van der Waals surface area contributed by atoms with E-state index in [1.165, 1.54) is 0 Å². The second kappa shape index (κ2) is 7.14. The maximum absolute atomic E-state index is 12.0. The van der Waals surface area contributed by atoms with E-state index >= 15 is 0 Å². The number of hydrogen-bond acceptors (Lipinski definition) is 3. The molecule has 1 aromatic carbocycles. The Morgan fingerprint density at radius 1 is 1.53 bits per heavy atom. The van der Waals surface area contributed by atoms with Crippen molar-refractivity contribution < 1.29 is 52.7 Å². The number of hydrogen-bond donors (Lipinski definition) is 3. The van der Waals surface area contributed by atoms with E-state index in [2.05, 4.69) is 21.2 Å². The molecule has 0 spiro atoms. The Morgan fingerprint density at radius 3 is 2.68 bits per heavy atom. The van der Waals surface area contributed by atoms with E-state index in [0.717, 1.165) is 4.47 Å². The van der Waals surface area contributed by atoms with Crippen LogP contribution in [0.4, 0.5) is 5.69 Å². The number of benzene rings is 1. The molecular weight excluding hydrogens is 598 g/mol. The second-order valence-electron chi connectivity index (χ2n) is 4.33. The monoisotopic (exact) mass is 605 g/mol. The van der Waals surface area contributed by atoms with Crippen molar-refractivity contribution in [2.24, 2.45) is 0 Å². The fourth-order valence-corrected chi connectivity index (χ4v) is 5.53. The third-order valence-corrected chi connectivity index (χ3v) is 22.6. The molecule has 1 aliphatic heterocycles. The third kappa shape index (κ3) is 3.62. The van der Waals surface area contributed by atoms with E-state index in [1.54, 1.807) is -1.36 Å². The average molecular weight is 607 g/mol. The van der Waals surface area contributed by atoms with Gasteiger partial charge in [-0.3, -0.25) is 0 Å². The number of nitrogens with zero attached hydrogens (tertiary/aromatic N) is 1. The number of halogens is 1. The van der Waals surface area contributed by atoms with Crippen LogP contribution in [0.25, 0.3) is 0 Å². The molecule has 0 fully saturated rings. The molecule has 0 aliphatic carbocycles. The first-order valence-corrected chi connectivity index (χ1v) is 13.5. The summed E-state index contributed by atoms with van der Waals surface area (Å²) in [6.45, 7) is 0. The SMILES string of the molecule is N=C(Nc1ccccc1Br)C1=C(O)[C@H]([RaH])[N]([Rb])C1=O. The Hall–Kier alpha value is 1.45. The van der Waals surface area contributed by atoms with E-state index in [4.69, 9.17) is 5.41 Å². The van der Waals surface area contributed by atoms with E-state index in [9.17, 15) is 9.90 Å². The molecule has 0 saturated carbocycles. The summed E-state index contributed by atoms with van der Waals surface area (Å²) in [5.74, 6) is -0.155. The average Bonchev–Trinajstić information content (AvgIpc) is 2.57. The zero-order valence-corrected chi connectivity index (χ0v) is 25.3. The van der Waals surface area contributed by atoms with Gasteiger partial charge in [-0.2, -0.15) is 0 Å². The van der Waals surface area contributed by atoms with E-state index in [-0.39, 0.29) is 123 Å². The van der Waals surface area contributed by atoms with Gasteiger partial charge in [0.1, 0.15) is 0 Å². The Kier molecular flexibility index (Phi) is 6.32. The van der Waals surface area contributed by atoms with Crippen LogP contribution in [-0.4, -0.2) is 72.6 Å². The summed E-state index contributed by atoms with van der Waals surface area (Å²) in [5, 5.41) is 20.9. The molecule has 3 N–H and O–H groups in total. The molecule has 0 aromatic heterocycles. The number of para-hydroxylation sites is 1. The first kappa shape index (κ1) is 16.8. The van der Waals surface area contributed by atoms with Gasteiger partial charge in [0.05, 0.1) is 0 Å². The molecule has 0 saturated heterocycles. The van der Waals surface area contributed by atoms with Gasteiger partial charge in [-0.15, -0.1) is 0 Å². The Bertz CT molecular complexity index is 593. The van der Waals surface area contributed by atoms with Crippen molar-refractivity contribution in [3.8, 4) is 0 Å². The van der Waals surface area contributed by atoms with Crippen LogP contribution in [0, 0.1) is 48.2 Å². The minimum absolute atomic E-state index is 0.0131. The van der Waals surface area contributed by atoms with Gasteiger partial charge in [0, 0.05) is 0 Å². The van der Waals surface area contributed by atoms with Crippen molar-refractivity contribution in [2.75, 3.05) is 5.32 Å². The van der Waals surface area contributed by atoms with Crippen molar-refractivity contribution in [2.45, 2.75) is 1.08 Å². The van der Waals surface area contributed by atoms with Crippen molar-refractivity contribution in [3.05, 3.63) is 40.1 Å². The molecule has 0 unspecified atom stereocenters. The van der Waals surface area contributed by atoms with Crippen LogP contribution in [0.2, 0.25) is 0 Å². The number of aliphatic hydroxyl groups excluding tert-OH is 1. The van der Waals surface area contributed by atoms with Crippen molar-refractivity contribution in [1.29, 1.82) is 5.41 Å². The van der Waals surface area contributed by atoms with E-state index < -0.39 is 0 Å². The molecule has 2 rings (SSSR count). The molecule has 1 atom stereocenters. The van der Waals surface area contributed by atoms with Gasteiger partial charge in [-0.1, -0.05) is 0 Å². The van der Waals surface area contributed by atoms with Gasteiger partial charge in [-0.05, 0) is 0 Å². The van der Waals surface area contributed by atoms with Crippen LogP contribution in [0.15, 0.2) is 40.1 Å². The number of amidine groups is 1. The van der Waals surface area contributed by atoms with Crippen molar-refractivity contribution in [3.63, 3.8) is 0 Å². The molecule has 1 heterocycles. The van der Waals surface area contributed by atoms with Gasteiger partial charge < -0.3 is 0 Å². The van der Waals surface area contributed by atoms with Crippen LogP contribution < -0.4 is 5.32 Å². The molecule has 5 nitrogen and oxygen atoms in total. The number of anilines is 1. The molecule has 1 amide bonds. The minimum atomic E-state index is -0.202. The molecule has 1 aliphatic rings. The molecule has 19 heavy (non-hydrogen) atoms. The number of aliphatic hydroxyl groups is 1. The first-order chi connectivity index (χ1) is 8.93. The molecule has 0 radical (unpaired) electrons. The molecule has 0 bridgehead atoms. The summed E-state index contributed by atoms with van der Waals surface area (Å²) < 4.78 is 2.45. The molecule has 1 aromatic rings. The van der Waals surface area contributed by atoms with E-state index in [1.807, 2.05) is 24.3 Å². The maximum atomic E-state index is 12.0. The number of rotatable bonds is 2. The summed E-state index contributed by atoms with van der Waals surface area (Å²) in [6.07, 6.45) is 0. The van der Waals surface area contributed by atoms with Crippen LogP contribution >= 0.6 is 15.9 Å². The predicted octanol–water partition coefficient (Wildman–Crippen LogP) is 1.18.